The molecule has 2 heterocycles. The Morgan fingerprint density at radius 1 is 1.03 bits per heavy atom. The Bertz CT molecular complexity index is 1310. The molecule has 1 fully saturated rings. The van der Waals surface area contributed by atoms with Gasteiger partial charge in [0.15, 0.2) is 0 Å². The molecule has 0 atom stereocenters. The van der Waals surface area contributed by atoms with Crippen LogP contribution in [-0.2, 0) is 27.7 Å². The second-order valence-corrected chi connectivity index (χ2v) is 10.9. The van der Waals surface area contributed by atoms with Gasteiger partial charge in [-0.05, 0) is 86.1 Å². The molecule has 1 N–H and O–H groups in total. The molecular formula is C25H28N4O5S. The lowest BCUT2D eigenvalue weighted by Crippen LogP contribution is -2.41. The number of rotatable bonds is 6. The Labute approximate surface area is 204 Å². The molecule has 1 aliphatic carbocycles. The average Bonchev–Trinajstić information content (AvgIpc) is 3.37. The van der Waals surface area contributed by atoms with Crippen LogP contribution < -0.4 is 10.1 Å². The maximum atomic E-state index is 12.9. The van der Waals surface area contributed by atoms with Crippen LogP contribution in [0.5, 0.6) is 5.75 Å². The number of methoxy groups -OCH3 is 1. The van der Waals surface area contributed by atoms with E-state index in [9.17, 15) is 13.2 Å². The number of nitrogens with one attached hydrogen (secondary N) is 1. The minimum Gasteiger partial charge on any atom is -0.497 e. The molecule has 0 bridgehead atoms. The van der Waals surface area contributed by atoms with E-state index in [1.807, 2.05) is 6.07 Å². The van der Waals surface area contributed by atoms with Crippen LogP contribution in [0.3, 0.4) is 0 Å². The number of hydrogen-bond donors (Lipinski definition) is 1. The molecule has 1 amide bonds. The molecule has 2 aromatic carbocycles. The van der Waals surface area contributed by atoms with Gasteiger partial charge >= 0.3 is 6.01 Å². The smallest absolute Gasteiger partial charge is 0.322 e. The third kappa shape index (κ3) is 4.94. The van der Waals surface area contributed by atoms with Gasteiger partial charge in [-0.25, -0.2) is 8.42 Å². The number of aromatic nitrogens is 2. The van der Waals surface area contributed by atoms with E-state index in [2.05, 4.69) is 27.6 Å². The van der Waals surface area contributed by atoms with E-state index in [-0.39, 0.29) is 35.8 Å². The van der Waals surface area contributed by atoms with Gasteiger partial charge in [-0.2, -0.15) is 4.31 Å². The molecule has 184 valence electrons. The Morgan fingerprint density at radius 3 is 2.46 bits per heavy atom. The lowest BCUT2D eigenvalue weighted by Gasteiger charge is -2.30. The van der Waals surface area contributed by atoms with Crippen molar-refractivity contribution in [1.82, 2.24) is 14.5 Å². The van der Waals surface area contributed by atoms with Gasteiger partial charge in [-0.15, -0.1) is 5.10 Å². The third-order valence-electron chi connectivity index (χ3n) is 6.77. The van der Waals surface area contributed by atoms with E-state index in [1.165, 1.54) is 47.5 Å². The summed E-state index contributed by atoms with van der Waals surface area (Å²) in [6.07, 6.45) is 5.37. The van der Waals surface area contributed by atoms with Gasteiger partial charge in [0.05, 0.1) is 12.0 Å². The van der Waals surface area contributed by atoms with E-state index in [0.717, 1.165) is 18.4 Å². The summed E-state index contributed by atoms with van der Waals surface area (Å²) in [6.45, 7) is 0.521. The largest absolute Gasteiger partial charge is 0.497 e. The van der Waals surface area contributed by atoms with Crippen molar-refractivity contribution in [3.05, 3.63) is 53.6 Å². The molecule has 1 aliphatic heterocycles. The molecule has 9 nitrogen and oxygen atoms in total. The summed E-state index contributed by atoms with van der Waals surface area (Å²) in [4.78, 5) is 13.0. The van der Waals surface area contributed by atoms with Gasteiger partial charge in [0.25, 0.3) is 0 Å². The first-order valence-electron chi connectivity index (χ1n) is 11.8. The van der Waals surface area contributed by atoms with Gasteiger partial charge in [-0.1, -0.05) is 11.2 Å². The number of ether oxygens (including phenoxy) is 1. The fourth-order valence-corrected chi connectivity index (χ4v) is 6.19. The zero-order valence-electron chi connectivity index (χ0n) is 19.6. The molecule has 1 aromatic heterocycles. The van der Waals surface area contributed by atoms with Gasteiger partial charge in [-0.3, -0.25) is 10.1 Å². The summed E-state index contributed by atoms with van der Waals surface area (Å²) >= 11 is 0. The first-order valence-corrected chi connectivity index (χ1v) is 13.3. The topological polar surface area (TPSA) is 115 Å². The summed E-state index contributed by atoms with van der Waals surface area (Å²) in [7, 11) is -2.09. The van der Waals surface area contributed by atoms with Crippen LogP contribution >= 0.6 is 0 Å². The second kappa shape index (κ2) is 9.79. The number of piperidine rings is 1. The summed E-state index contributed by atoms with van der Waals surface area (Å²) in [5, 5.41) is 10.8. The number of sulfonamides is 1. The molecule has 1 saturated heterocycles. The number of nitrogens with zero attached hydrogens (tertiary/aromatic N) is 3. The number of fused-ring (bicyclic) bond motifs is 1. The van der Waals surface area contributed by atoms with Gasteiger partial charge in [0.1, 0.15) is 5.75 Å². The van der Waals surface area contributed by atoms with Crippen molar-refractivity contribution in [2.45, 2.75) is 43.4 Å². The lowest BCUT2D eigenvalue weighted by molar-refractivity contribution is -0.121. The number of benzene rings is 2. The Balaban J connectivity index is 1.19. The van der Waals surface area contributed by atoms with Crippen molar-refractivity contribution in [1.29, 1.82) is 0 Å². The Hall–Kier alpha value is -3.24. The van der Waals surface area contributed by atoms with E-state index >= 15 is 0 Å². The molecular weight excluding hydrogens is 468 g/mol. The van der Waals surface area contributed by atoms with Crippen LogP contribution in [0.15, 0.2) is 51.8 Å². The predicted octanol–water partition coefficient (Wildman–Crippen LogP) is 3.66. The van der Waals surface area contributed by atoms with Crippen LogP contribution in [0.1, 0.15) is 36.8 Å². The number of anilines is 1. The van der Waals surface area contributed by atoms with Crippen LogP contribution in [0, 0.1) is 5.92 Å². The quantitative estimate of drug-likeness (QED) is 0.554. The fraction of sp³-hybridized carbons (Fsp3) is 0.400. The van der Waals surface area contributed by atoms with Crippen LogP contribution in [0.2, 0.25) is 0 Å². The lowest BCUT2D eigenvalue weighted by atomic mass is 9.90. The fourth-order valence-electron chi connectivity index (χ4n) is 4.72. The summed E-state index contributed by atoms with van der Waals surface area (Å²) in [5.41, 5.74) is 3.53. The Kier molecular flexibility index (Phi) is 6.57. The highest BCUT2D eigenvalue weighted by atomic mass is 32.2. The molecule has 35 heavy (non-hydrogen) atoms. The highest BCUT2D eigenvalue weighted by Crippen LogP contribution is 2.29. The molecule has 2 aliphatic rings. The van der Waals surface area contributed by atoms with Crippen molar-refractivity contribution in [3.63, 3.8) is 0 Å². The summed E-state index contributed by atoms with van der Waals surface area (Å²) in [5.74, 6) is 0.382. The molecule has 0 saturated carbocycles. The predicted molar refractivity (Wildman–Crippen MR) is 129 cm³/mol. The molecule has 0 radical (unpaired) electrons. The maximum absolute atomic E-state index is 12.9. The van der Waals surface area contributed by atoms with Crippen molar-refractivity contribution in [3.8, 4) is 17.2 Å². The molecule has 0 spiro atoms. The number of amides is 1. The summed E-state index contributed by atoms with van der Waals surface area (Å²) in [6, 6.07) is 12.5. The normalized spacial score (nSPS) is 17.1. The summed E-state index contributed by atoms with van der Waals surface area (Å²) < 4.78 is 38.1. The number of hydrogen-bond acceptors (Lipinski definition) is 7. The molecule has 5 rings (SSSR count). The van der Waals surface area contributed by atoms with E-state index in [4.69, 9.17) is 9.15 Å². The Morgan fingerprint density at radius 2 is 1.74 bits per heavy atom. The highest BCUT2D eigenvalue weighted by molar-refractivity contribution is 7.89. The first kappa shape index (κ1) is 23.5. The number of carbonyl (C=O) groups excluding carboxylic acids is 1. The molecule has 10 heteroatoms. The maximum Gasteiger partial charge on any atom is 0.322 e. The van der Waals surface area contributed by atoms with Gasteiger partial charge < -0.3 is 9.15 Å². The minimum absolute atomic E-state index is 0.0519. The monoisotopic (exact) mass is 496 g/mol. The highest BCUT2D eigenvalue weighted by Gasteiger charge is 2.32. The molecule has 3 aromatic rings. The zero-order chi connectivity index (χ0) is 24.4. The first-order chi connectivity index (χ1) is 16.9. The van der Waals surface area contributed by atoms with Crippen molar-refractivity contribution >= 4 is 21.9 Å². The van der Waals surface area contributed by atoms with Gasteiger partial charge in [0.2, 0.25) is 21.8 Å². The van der Waals surface area contributed by atoms with Gasteiger partial charge in [0, 0.05) is 24.6 Å². The van der Waals surface area contributed by atoms with Crippen LogP contribution in [0.25, 0.3) is 11.5 Å². The van der Waals surface area contributed by atoms with E-state index < -0.39 is 10.0 Å². The number of carbonyl (C=O) groups is 1. The standard InChI is InChI=1S/C25H28N4O5S/c1-33-21-8-10-22(11-9-21)35(31,32)29-14-12-18(13-15-29)23(30)26-25-28-27-24(34-25)20-7-6-17-4-2-3-5-19(17)16-20/h6-11,16,18H,2-5,12-15H2,1H3,(H,26,28,30). The van der Waals surface area contributed by atoms with Crippen molar-refractivity contribution in [2.75, 3.05) is 25.5 Å². The van der Waals surface area contributed by atoms with E-state index in [0.29, 0.717) is 24.5 Å². The number of aryl methyl sites for hydroxylation is 2. The van der Waals surface area contributed by atoms with Crippen molar-refractivity contribution < 1.29 is 22.4 Å². The third-order valence-corrected chi connectivity index (χ3v) is 8.69. The second-order valence-electron chi connectivity index (χ2n) is 8.95. The zero-order valence-corrected chi connectivity index (χ0v) is 20.4. The van der Waals surface area contributed by atoms with Crippen molar-refractivity contribution in [2.24, 2.45) is 5.92 Å². The SMILES string of the molecule is COc1ccc(S(=O)(=O)N2CCC(C(=O)Nc3nnc(-c4ccc5c(c4)CCCC5)o3)CC2)cc1. The average molecular weight is 497 g/mol. The van der Waals surface area contributed by atoms with Crippen LogP contribution in [0.4, 0.5) is 6.01 Å². The van der Waals surface area contributed by atoms with Crippen LogP contribution in [-0.4, -0.2) is 49.0 Å². The molecule has 0 unspecified atom stereocenters. The van der Waals surface area contributed by atoms with E-state index in [1.54, 1.807) is 12.1 Å². The minimum atomic E-state index is -3.62.